The molecular formula is C8H9N3O2. The van der Waals surface area contributed by atoms with E-state index < -0.39 is 5.97 Å². The molecule has 0 atom stereocenters. The number of carboxylic acids is 1. The van der Waals surface area contributed by atoms with Gasteiger partial charge in [-0.05, 0) is 17.7 Å². The largest absolute Gasteiger partial charge is 0.481 e. The van der Waals surface area contributed by atoms with Gasteiger partial charge in [-0.1, -0.05) is 6.07 Å². The van der Waals surface area contributed by atoms with Crippen LogP contribution in [0, 0.1) is 0 Å². The van der Waals surface area contributed by atoms with Crippen molar-refractivity contribution >= 4 is 17.3 Å². The van der Waals surface area contributed by atoms with Gasteiger partial charge in [0.25, 0.3) is 0 Å². The molecule has 1 aromatic carbocycles. The topological polar surface area (TPSA) is 73.4 Å². The fourth-order valence-electron chi connectivity index (χ4n) is 1.25. The highest BCUT2D eigenvalue weighted by molar-refractivity contribution is 5.75. The van der Waals surface area contributed by atoms with Gasteiger partial charge < -0.3 is 16.0 Å². The summed E-state index contributed by atoms with van der Waals surface area (Å²) in [6.45, 7) is 0. The predicted molar refractivity (Wildman–Crippen MR) is 48.2 cm³/mol. The van der Waals surface area contributed by atoms with Crippen molar-refractivity contribution in [3.63, 3.8) is 0 Å². The lowest BCUT2D eigenvalue weighted by Crippen LogP contribution is -2.19. The van der Waals surface area contributed by atoms with Gasteiger partial charge in [-0.25, -0.2) is 0 Å². The normalized spacial score (nSPS) is 12.9. The summed E-state index contributed by atoms with van der Waals surface area (Å²) < 4.78 is 0. The summed E-state index contributed by atoms with van der Waals surface area (Å²) in [5.41, 5.74) is 11.0. The number of anilines is 2. The predicted octanol–water partition coefficient (Wildman–Crippen LogP) is 0.571. The van der Waals surface area contributed by atoms with Crippen LogP contribution in [0.1, 0.15) is 5.56 Å². The first-order valence-corrected chi connectivity index (χ1v) is 3.87. The highest BCUT2D eigenvalue weighted by atomic mass is 16.4. The zero-order chi connectivity index (χ0) is 9.26. The summed E-state index contributed by atoms with van der Waals surface area (Å²) in [5, 5.41) is 8.56. The minimum Gasteiger partial charge on any atom is -0.481 e. The second-order valence-electron chi connectivity index (χ2n) is 2.83. The third-order valence-electron chi connectivity index (χ3n) is 1.83. The van der Waals surface area contributed by atoms with Crippen molar-refractivity contribution in [3.8, 4) is 0 Å². The van der Waals surface area contributed by atoms with Crippen LogP contribution < -0.4 is 16.4 Å². The molecule has 0 radical (unpaired) electrons. The van der Waals surface area contributed by atoms with E-state index in [1.54, 1.807) is 12.1 Å². The molecule has 0 unspecified atom stereocenters. The van der Waals surface area contributed by atoms with Gasteiger partial charge in [0.2, 0.25) is 0 Å². The summed E-state index contributed by atoms with van der Waals surface area (Å²) in [6.07, 6.45) is 0.0506. The highest BCUT2D eigenvalue weighted by Gasteiger charge is 2.09. The maximum Gasteiger partial charge on any atom is 0.307 e. The van der Waals surface area contributed by atoms with Crippen LogP contribution in [0.2, 0.25) is 0 Å². The molecule has 0 aliphatic carbocycles. The van der Waals surface area contributed by atoms with Gasteiger partial charge in [0.1, 0.15) is 0 Å². The zero-order valence-corrected chi connectivity index (χ0v) is 6.79. The third-order valence-corrected chi connectivity index (χ3v) is 1.83. The first-order chi connectivity index (χ1) is 6.25. The first kappa shape index (κ1) is 7.88. The molecule has 1 aromatic rings. The molecule has 1 aliphatic rings. The standard InChI is InChI=1S/C8H9N3O2/c12-8(13)4-5-1-2-6-7(3-5)10-11-9-6/h1-3,9-11H,4H2,(H,12,13). The van der Waals surface area contributed by atoms with E-state index in [0.717, 1.165) is 16.9 Å². The number of hydrogen-bond donors (Lipinski definition) is 4. The lowest BCUT2D eigenvalue weighted by atomic mass is 10.1. The van der Waals surface area contributed by atoms with E-state index >= 15 is 0 Å². The maximum absolute atomic E-state index is 10.4. The van der Waals surface area contributed by atoms with Crippen LogP contribution in [0.15, 0.2) is 18.2 Å². The van der Waals surface area contributed by atoms with Crippen LogP contribution >= 0.6 is 0 Å². The first-order valence-electron chi connectivity index (χ1n) is 3.87. The number of carbonyl (C=O) groups is 1. The monoisotopic (exact) mass is 179 g/mol. The van der Waals surface area contributed by atoms with Crippen LogP contribution in [0.4, 0.5) is 11.4 Å². The second kappa shape index (κ2) is 2.95. The average Bonchev–Trinajstić information content (AvgIpc) is 2.49. The summed E-state index contributed by atoms with van der Waals surface area (Å²) >= 11 is 0. The number of nitrogens with one attached hydrogen (secondary N) is 3. The average molecular weight is 179 g/mol. The minimum absolute atomic E-state index is 0.0506. The molecule has 5 nitrogen and oxygen atoms in total. The minimum atomic E-state index is -0.820. The van der Waals surface area contributed by atoms with Gasteiger partial charge in [0, 0.05) is 0 Å². The Kier molecular flexibility index (Phi) is 1.79. The van der Waals surface area contributed by atoms with Crippen molar-refractivity contribution in [2.75, 3.05) is 10.9 Å². The summed E-state index contributed by atoms with van der Waals surface area (Å²) in [4.78, 5) is 10.4. The Bertz CT molecular complexity index is 351. The zero-order valence-electron chi connectivity index (χ0n) is 6.79. The van der Waals surface area contributed by atoms with Crippen LogP contribution in [-0.2, 0) is 11.2 Å². The number of aliphatic carboxylic acids is 1. The Morgan fingerprint density at radius 3 is 2.85 bits per heavy atom. The number of rotatable bonds is 2. The van der Waals surface area contributed by atoms with E-state index in [4.69, 9.17) is 5.11 Å². The summed E-state index contributed by atoms with van der Waals surface area (Å²) in [7, 11) is 0. The van der Waals surface area contributed by atoms with E-state index in [1.165, 1.54) is 0 Å². The van der Waals surface area contributed by atoms with Gasteiger partial charge in [-0.2, -0.15) is 0 Å². The quantitative estimate of drug-likeness (QED) is 0.534. The van der Waals surface area contributed by atoms with E-state index in [2.05, 4.69) is 16.4 Å². The van der Waals surface area contributed by atoms with Crippen molar-refractivity contribution in [2.24, 2.45) is 0 Å². The molecule has 68 valence electrons. The van der Waals surface area contributed by atoms with Gasteiger partial charge in [-0.3, -0.25) is 4.79 Å². The number of hydrogen-bond acceptors (Lipinski definition) is 4. The fourth-order valence-corrected chi connectivity index (χ4v) is 1.25. The highest BCUT2D eigenvalue weighted by Crippen LogP contribution is 2.25. The van der Waals surface area contributed by atoms with Gasteiger partial charge in [-0.15, -0.1) is 5.53 Å². The Morgan fingerprint density at radius 1 is 1.31 bits per heavy atom. The molecule has 0 saturated carbocycles. The molecule has 0 saturated heterocycles. The molecule has 0 spiro atoms. The molecule has 1 aliphatic heterocycles. The van der Waals surface area contributed by atoms with E-state index in [0.29, 0.717) is 0 Å². The van der Waals surface area contributed by atoms with Crippen molar-refractivity contribution in [3.05, 3.63) is 23.8 Å². The fraction of sp³-hybridized carbons (Fsp3) is 0.125. The Balaban J connectivity index is 2.25. The maximum atomic E-state index is 10.4. The van der Waals surface area contributed by atoms with E-state index in [1.807, 2.05) is 6.07 Å². The van der Waals surface area contributed by atoms with Crippen LogP contribution in [-0.4, -0.2) is 11.1 Å². The third kappa shape index (κ3) is 1.54. The molecule has 0 fully saturated rings. The van der Waals surface area contributed by atoms with E-state index in [9.17, 15) is 4.79 Å². The molecule has 1 heterocycles. The van der Waals surface area contributed by atoms with Crippen molar-refractivity contribution in [1.29, 1.82) is 0 Å². The molecule has 0 amide bonds. The SMILES string of the molecule is O=C(O)Cc1ccc2c(c1)NNN2. The Labute approximate surface area is 74.7 Å². The molecule has 13 heavy (non-hydrogen) atoms. The Hall–Kier alpha value is -1.75. The van der Waals surface area contributed by atoms with E-state index in [-0.39, 0.29) is 6.42 Å². The van der Waals surface area contributed by atoms with Gasteiger partial charge in [0.15, 0.2) is 0 Å². The number of benzene rings is 1. The lowest BCUT2D eigenvalue weighted by Gasteiger charge is -2.00. The van der Waals surface area contributed by atoms with Crippen LogP contribution in [0.25, 0.3) is 0 Å². The molecule has 2 rings (SSSR count). The van der Waals surface area contributed by atoms with Gasteiger partial charge in [0.05, 0.1) is 17.8 Å². The number of carboxylic acid groups (broad SMARTS) is 1. The van der Waals surface area contributed by atoms with Crippen molar-refractivity contribution in [1.82, 2.24) is 5.53 Å². The lowest BCUT2D eigenvalue weighted by molar-refractivity contribution is -0.136. The van der Waals surface area contributed by atoms with Gasteiger partial charge >= 0.3 is 5.97 Å². The van der Waals surface area contributed by atoms with Crippen LogP contribution in [0.5, 0.6) is 0 Å². The molecule has 5 heteroatoms. The summed E-state index contributed by atoms with van der Waals surface area (Å²) in [5.74, 6) is -0.820. The molecule has 0 aromatic heterocycles. The Morgan fingerprint density at radius 2 is 2.08 bits per heavy atom. The second-order valence-corrected chi connectivity index (χ2v) is 2.83. The molecule has 4 N–H and O–H groups in total. The van der Waals surface area contributed by atoms with Crippen molar-refractivity contribution in [2.45, 2.75) is 6.42 Å². The smallest absolute Gasteiger partial charge is 0.307 e. The summed E-state index contributed by atoms with van der Waals surface area (Å²) in [6, 6.07) is 5.42. The molecule has 0 bridgehead atoms. The molecular weight excluding hydrogens is 170 g/mol. The van der Waals surface area contributed by atoms with Crippen molar-refractivity contribution < 1.29 is 9.90 Å². The number of fused-ring (bicyclic) bond motifs is 1. The number of hydrazine groups is 2. The van der Waals surface area contributed by atoms with Crippen LogP contribution in [0.3, 0.4) is 0 Å².